The zero-order valence-electron chi connectivity index (χ0n) is 10.8. The first-order valence-corrected chi connectivity index (χ1v) is 9.23. The molecule has 0 aromatic heterocycles. The van der Waals surface area contributed by atoms with Gasteiger partial charge in [0.15, 0.2) is 9.84 Å². The van der Waals surface area contributed by atoms with E-state index in [-0.39, 0.29) is 18.6 Å². The number of sulfone groups is 1. The minimum atomic E-state index is -3.42. The lowest BCUT2D eigenvalue weighted by atomic mass is 10.1. The van der Waals surface area contributed by atoms with Gasteiger partial charge in [-0.05, 0) is 31.3 Å². The molecular weight excluding hydrogens is 290 g/mol. The van der Waals surface area contributed by atoms with Crippen molar-refractivity contribution in [3.8, 4) is 0 Å². The van der Waals surface area contributed by atoms with E-state index in [0.29, 0.717) is 18.6 Å². The van der Waals surface area contributed by atoms with Gasteiger partial charge >= 0.3 is 5.97 Å². The first-order chi connectivity index (χ1) is 8.88. The Hall–Kier alpha value is -0.760. The maximum atomic E-state index is 11.9. The van der Waals surface area contributed by atoms with E-state index in [0.717, 1.165) is 0 Å². The number of nitrogens with one attached hydrogen (secondary N) is 1. The highest BCUT2D eigenvalue weighted by molar-refractivity contribution is 7.98. The molecule has 0 aromatic rings. The third-order valence-corrected chi connectivity index (χ3v) is 5.91. The summed E-state index contributed by atoms with van der Waals surface area (Å²) in [5, 5.41) is 10.3. The zero-order chi connectivity index (χ0) is 14.5. The van der Waals surface area contributed by atoms with Crippen LogP contribution in [0.2, 0.25) is 0 Å². The van der Waals surface area contributed by atoms with Crippen LogP contribution in [0.4, 0.5) is 0 Å². The van der Waals surface area contributed by atoms with E-state index in [1.807, 2.05) is 6.26 Å². The molecule has 2 atom stereocenters. The van der Waals surface area contributed by atoms with Crippen molar-refractivity contribution in [2.75, 3.05) is 17.8 Å². The Labute approximate surface area is 117 Å². The Kier molecular flexibility index (Phi) is 6.12. The van der Waals surface area contributed by atoms with Gasteiger partial charge in [0.25, 0.3) is 0 Å². The third kappa shape index (κ3) is 4.68. The Morgan fingerprint density at radius 1 is 1.42 bits per heavy atom. The highest BCUT2D eigenvalue weighted by Gasteiger charge is 2.36. The molecule has 8 heteroatoms. The summed E-state index contributed by atoms with van der Waals surface area (Å²) in [5.74, 6) is -1.20. The number of carboxylic acid groups (broad SMARTS) is 1. The molecule has 0 bridgehead atoms. The van der Waals surface area contributed by atoms with Crippen LogP contribution < -0.4 is 5.32 Å². The number of carbonyl (C=O) groups is 2. The predicted molar refractivity (Wildman–Crippen MR) is 74.0 cm³/mol. The van der Waals surface area contributed by atoms with Gasteiger partial charge in [-0.15, -0.1) is 0 Å². The van der Waals surface area contributed by atoms with Crippen LogP contribution in [0.3, 0.4) is 0 Å². The molecule has 1 aliphatic rings. The Bertz CT molecular complexity index is 434. The number of rotatable bonds is 6. The van der Waals surface area contributed by atoms with Gasteiger partial charge in [-0.3, -0.25) is 4.79 Å². The van der Waals surface area contributed by atoms with Crippen molar-refractivity contribution in [3.05, 3.63) is 0 Å². The number of aliphatic carboxylic acids is 1. The molecule has 0 spiro atoms. The van der Waals surface area contributed by atoms with E-state index in [9.17, 15) is 18.0 Å². The van der Waals surface area contributed by atoms with E-state index in [4.69, 9.17) is 5.11 Å². The van der Waals surface area contributed by atoms with Crippen molar-refractivity contribution in [2.24, 2.45) is 0 Å². The standard InChI is InChI=1S/C11H19NO5S2/c1-18-6-5-8(11(14)15)12-10(13)9-4-2-3-7-19(9,16)17/h8-9H,2-7H2,1H3,(H,12,13)(H,14,15)/t8-,9?/m0/s1. The fourth-order valence-corrected chi connectivity index (χ4v) is 4.29. The van der Waals surface area contributed by atoms with Gasteiger partial charge in [-0.25, -0.2) is 13.2 Å². The van der Waals surface area contributed by atoms with Gasteiger partial charge < -0.3 is 10.4 Å². The Morgan fingerprint density at radius 3 is 2.63 bits per heavy atom. The van der Waals surface area contributed by atoms with Crippen LogP contribution in [0, 0.1) is 0 Å². The van der Waals surface area contributed by atoms with Crippen LogP contribution in [0.15, 0.2) is 0 Å². The fourth-order valence-electron chi connectivity index (χ4n) is 2.01. The van der Waals surface area contributed by atoms with E-state index in [2.05, 4.69) is 5.32 Å². The molecule has 1 rings (SSSR count). The van der Waals surface area contributed by atoms with Crippen molar-refractivity contribution < 1.29 is 23.1 Å². The molecule has 1 fully saturated rings. The second-order valence-corrected chi connectivity index (χ2v) is 7.82. The van der Waals surface area contributed by atoms with Crippen LogP contribution in [-0.2, 0) is 19.4 Å². The molecule has 2 N–H and O–H groups in total. The molecule has 19 heavy (non-hydrogen) atoms. The molecule has 6 nitrogen and oxygen atoms in total. The maximum Gasteiger partial charge on any atom is 0.326 e. The zero-order valence-corrected chi connectivity index (χ0v) is 12.4. The first kappa shape index (κ1) is 16.3. The van der Waals surface area contributed by atoms with Gasteiger partial charge in [-0.2, -0.15) is 11.8 Å². The Balaban J connectivity index is 2.68. The molecule has 0 aromatic carbocycles. The number of thioether (sulfide) groups is 1. The van der Waals surface area contributed by atoms with Crippen LogP contribution in [0.5, 0.6) is 0 Å². The van der Waals surface area contributed by atoms with Gasteiger partial charge in [0.2, 0.25) is 5.91 Å². The molecule has 1 unspecified atom stereocenters. The summed E-state index contributed by atoms with van der Waals surface area (Å²) in [6.45, 7) is 0. The first-order valence-electron chi connectivity index (χ1n) is 6.12. The quantitative estimate of drug-likeness (QED) is 0.731. The summed E-state index contributed by atoms with van der Waals surface area (Å²) >= 11 is 1.48. The van der Waals surface area contributed by atoms with Crippen molar-refractivity contribution in [1.82, 2.24) is 5.32 Å². The molecule has 0 radical (unpaired) electrons. The summed E-state index contributed by atoms with van der Waals surface area (Å²) in [6.07, 6.45) is 3.66. The molecule has 1 heterocycles. The lowest BCUT2D eigenvalue weighted by Crippen LogP contribution is -2.49. The van der Waals surface area contributed by atoms with Crippen molar-refractivity contribution >= 4 is 33.5 Å². The molecule has 1 aliphatic heterocycles. The van der Waals surface area contributed by atoms with E-state index in [1.165, 1.54) is 11.8 Å². The Morgan fingerprint density at radius 2 is 2.11 bits per heavy atom. The number of hydrogen-bond acceptors (Lipinski definition) is 5. The average Bonchev–Trinajstić information content (AvgIpc) is 2.33. The minimum absolute atomic E-state index is 0.00758. The monoisotopic (exact) mass is 309 g/mol. The molecule has 1 saturated heterocycles. The summed E-state index contributed by atoms with van der Waals surface area (Å²) in [4.78, 5) is 22.9. The molecule has 110 valence electrons. The van der Waals surface area contributed by atoms with Crippen LogP contribution in [0.1, 0.15) is 25.7 Å². The van der Waals surface area contributed by atoms with E-state index < -0.39 is 33.0 Å². The number of carboxylic acids is 1. The van der Waals surface area contributed by atoms with Crippen molar-refractivity contribution in [2.45, 2.75) is 37.0 Å². The normalized spacial score (nSPS) is 23.5. The maximum absolute atomic E-state index is 11.9. The number of carbonyl (C=O) groups excluding carboxylic acids is 1. The van der Waals surface area contributed by atoms with Gasteiger partial charge in [0, 0.05) is 0 Å². The van der Waals surface area contributed by atoms with Gasteiger partial charge in [-0.1, -0.05) is 6.42 Å². The lowest BCUT2D eigenvalue weighted by molar-refractivity contribution is -0.141. The fraction of sp³-hybridized carbons (Fsp3) is 0.818. The summed E-state index contributed by atoms with van der Waals surface area (Å²) in [5.41, 5.74) is 0. The molecular formula is C11H19NO5S2. The van der Waals surface area contributed by atoms with Gasteiger partial charge in [0.1, 0.15) is 11.3 Å². The third-order valence-electron chi connectivity index (χ3n) is 3.10. The van der Waals surface area contributed by atoms with E-state index in [1.54, 1.807) is 0 Å². The lowest BCUT2D eigenvalue weighted by Gasteiger charge is -2.23. The second kappa shape index (κ2) is 7.14. The van der Waals surface area contributed by atoms with Crippen molar-refractivity contribution in [1.29, 1.82) is 0 Å². The van der Waals surface area contributed by atoms with Gasteiger partial charge in [0.05, 0.1) is 5.75 Å². The number of amides is 1. The van der Waals surface area contributed by atoms with Crippen molar-refractivity contribution in [3.63, 3.8) is 0 Å². The highest BCUT2D eigenvalue weighted by atomic mass is 32.2. The van der Waals surface area contributed by atoms with Crippen LogP contribution in [-0.4, -0.2) is 54.5 Å². The average molecular weight is 309 g/mol. The van der Waals surface area contributed by atoms with E-state index >= 15 is 0 Å². The second-order valence-electron chi connectivity index (χ2n) is 4.53. The predicted octanol–water partition coefficient (Wildman–Crippen LogP) is 0.276. The highest BCUT2D eigenvalue weighted by Crippen LogP contribution is 2.20. The van der Waals surface area contributed by atoms with Crippen LogP contribution >= 0.6 is 11.8 Å². The summed E-state index contributed by atoms with van der Waals surface area (Å²) in [6, 6.07) is -1.02. The largest absolute Gasteiger partial charge is 0.480 e. The minimum Gasteiger partial charge on any atom is -0.480 e. The van der Waals surface area contributed by atoms with Crippen LogP contribution in [0.25, 0.3) is 0 Å². The topological polar surface area (TPSA) is 101 Å². The molecule has 0 saturated carbocycles. The smallest absolute Gasteiger partial charge is 0.326 e. The molecule has 0 aliphatic carbocycles. The molecule has 1 amide bonds. The summed E-state index contributed by atoms with van der Waals surface area (Å²) in [7, 11) is -3.42. The number of hydrogen-bond donors (Lipinski definition) is 2. The SMILES string of the molecule is CSCC[C@H](NC(=O)C1CCCCS1(=O)=O)C(=O)O. The summed E-state index contributed by atoms with van der Waals surface area (Å²) < 4.78 is 23.6.